The van der Waals surface area contributed by atoms with Gasteiger partial charge in [-0.25, -0.2) is 4.68 Å². The Hall–Kier alpha value is -2.71. The lowest BCUT2D eigenvalue weighted by atomic mass is 9.88. The summed E-state index contributed by atoms with van der Waals surface area (Å²) in [5, 5.41) is 9.03. The highest BCUT2D eigenvalue weighted by Gasteiger charge is 2.31. The predicted octanol–water partition coefficient (Wildman–Crippen LogP) is 4.38. The predicted molar refractivity (Wildman–Crippen MR) is 140 cm³/mol. The minimum Gasteiger partial charge on any atom is -0.349 e. The van der Waals surface area contributed by atoms with E-state index in [1.54, 1.807) is 6.92 Å². The molecule has 1 aromatic carbocycles. The highest BCUT2D eigenvalue weighted by molar-refractivity contribution is 7.20. The molecule has 35 heavy (non-hydrogen) atoms. The molecule has 1 N–H and O–H groups in total. The number of benzene rings is 1. The maximum absolute atomic E-state index is 13.1. The minimum absolute atomic E-state index is 0.0294. The van der Waals surface area contributed by atoms with E-state index in [0.29, 0.717) is 12.1 Å². The molecule has 186 valence electrons. The number of hydrogen-bond donors (Lipinski definition) is 1. The van der Waals surface area contributed by atoms with Crippen LogP contribution in [0.15, 0.2) is 36.4 Å². The van der Waals surface area contributed by atoms with Gasteiger partial charge in [-0.1, -0.05) is 18.2 Å². The van der Waals surface area contributed by atoms with Crippen LogP contribution in [0.25, 0.3) is 15.9 Å². The second-order valence-corrected chi connectivity index (χ2v) is 11.1. The number of likely N-dealkylation sites (tertiary alicyclic amines) is 1. The second-order valence-electron chi connectivity index (χ2n) is 10.0. The topological polar surface area (TPSA) is 70.5 Å². The quantitative estimate of drug-likeness (QED) is 0.573. The van der Waals surface area contributed by atoms with Crippen LogP contribution >= 0.6 is 11.3 Å². The highest BCUT2D eigenvalue weighted by Crippen LogP contribution is 2.31. The summed E-state index contributed by atoms with van der Waals surface area (Å²) in [6.45, 7) is 5.77. The molecule has 0 atom stereocenters. The molecule has 5 rings (SSSR count). The third kappa shape index (κ3) is 5.00. The number of thiophene rings is 1. The van der Waals surface area contributed by atoms with Crippen molar-refractivity contribution >= 4 is 33.4 Å². The van der Waals surface area contributed by atoms with Gasteiger partial charge in [-0.05, 0) is 63.6 Å². The van der Waals surface area contributed by atoms with E-state index in [1.165, 1.54) is 11.3 Å². The number of hydrogen-bond acceptors (Lipinski definition) is 5. The maximum atomic E-state index is 13.1. The van der Waals surface area contributed by atoms with E-state index >= 15 is 0 Å². The van der Waals surface area contributed by atoms with Gasteiger partial charge in [-0.3, -0.25) is 9.59 Å². The largest absolute Gasteiger partial charge is 0.349 e. The summed E-state index contributed by atoms with van der Waals surface area (Å²) in [7, 11) is 1.92. The summed E-state index contributed by atoms with van der Waals surface area (Å²) < 4.78 is 1.94. The Labute approximate surface area is 211 Å². The molecule has 2 fully saturated rings. The summed E-state index contributed by atoms with van der Waals surface area (Å²) in [5.41, 5.74) is 1.95. The van der Waals surface area contributed by atoms with Gasteiger partial charge in [0.15, 0.2) is 0 Å². The Bertz CT molecular complexity index is 1190. The first kappa shape index (κ1) is 24.0. The monoisotopic (exact) mass is 493 g/mol. The van der Waals surface area contributed by atoms with Crippen LogP contribution in [0.5, 0.6) is 0 Å². The van der Waals surface area contributed by atoms with Crippen molar-refractivity contribution in [3.63, 3.8) is 0 Å². The molecular weight excluding hydrogens is 458 g/mol. The van der Waals surface area contributed by atoms with Crippen LogP contribution < -0.4 is 5.32 Å². The lowest BCUT2D eigenvalue weighted by molar-refractivity contribution is -0.130. The van der Waals surface area contributed by atoms with Crippen molar-refractivity contribution in [2.24, 2.45) is 0 Å². The van der Waals surface area contributed by atoms with E-state index in [1.807, 2.05) is 60.0 Å². The Morgan fingerprint density at radius 1 is 1.06 bits per heavy atom. The van der Waals surface area contributed by atoms with Gasteiger partial charge in [0.2, 0.25) is 5.91 Å². The lowest BCUT2D eigenvalue weighted by Gasteiger charge is -2.42. The van der Waals surface area contributed by atoms with Crippen LogP contribution in [0.4, 0.5) is 0 Å². The van der Waals surface area contributed by atoms with E-state index in [9.17, 15) is 9.59 Å². The summed E-state index contributed by atoms with van der Waals surface area (Å²) in [6.07, 6.45) is 6.38. The van der Waals surface area contributed by atoms with E-state index in [4.69, 9.17) is 0 Å². The zero-order valence-electron chi connectivity index (χ0n) is 20.9. The molecule has 2 aromatic heterocycles. The molecule has 0 radical (unpaired) electrons. The summed E-state index contributed by atoms with van der Waals surface area (Å²) >= 11 is 1.52. The Balaban J connectivity index is 1.16. The molecule has 7 nitrogen and oxygen atoms in total. The molecule has 1 saturated carbocycles. The average molecular weight is 494 g/mol. The van der Waals surface area contributed by atoms with Gasteiger partial charge in [-0.15, -0.1) is 11.3 Å². The number of nitrogens with zero attached hydrogens (tertiary/aromatic N) is 4. The van der Waals surface area contributed by atoms with E-state index < -0.39 is 0 Å². The number of fused-ring (bicyclic) bond motifs is 1. The Morgan fingerprint density at radius 2 is 1.74 bits per heavy atom. The lowest BCUT2D eigenvalue weighted by Crippen LogP contribution is -2.50. The average Bonchev–Trinajstić information content (AvgIpc) is 3.45. The normalized spacial score (nSPS) is 21.8. The van der Waals surface area contributed by atoms with Gasteiger partial charge in [0.25, 0.3) is 5.91 Å². The molecule has 0 bridgehead atoms. The standard InChI is InChI=1S/C27H35N5O2S/c1-18-24-17-25(35-27(24)32(29-18)23-7-5-4-6-8-23)26(34)28-20-9-11-22(12-10-20)31-15-13-21(14-16-31)30(3)19(2)33/h4-8,17,20-22H,9-16H2,1-3H3,(H,28,34). The van der Waals surface area contributed by atoms with Gasteiger partial charge >= 0.3 is 0 Å². The third-order valence-corrected chi connectivity index (χ3v) is 8.97. The van der Waals surface area contributed by atoms with Crippen molar-refractivity contribution in [3.05, 3.63) is 47.0 Å². The number of para-hydroxylation sites is 1. The van der Waals surface area contributed by atoms with E-state index in [2.05, 4.69) is 15.3 Å². The zero-order valence-corrected chi connectivity index (χ0v) is 21.7. The first-order valence-electron chi connectivity index (χ1n) is 12.7. The molecule has 2 aliphatic rings. The molecule has 1 aliphatic heterocycles. The van der Waals surface area contributed by atoms with Crippen molar-refractivity contribution in [1.82, 2.24) is 24.9 Å². The summed E-state index contributed by atoms with van der Waals surface area (Å²) in [6, 6.07) is 13.3. The third-order valence-electron chi connectivity index (χ3n) is 7.86. The number of rotatable bonds is 5. The molecule has 1 aliphatic carbocycles. The van der Waals surface area contributed by atoms with E-state index in [-0.39, 0.29) is 17.9 Å². The van der Waals surface area contributed by atoms with Crippen molar-refractivity contribution in [1.29, 1.82) is 0 Å². The van der Waals surface area contributed by atoms with Crippen molar-refractivity contribution in [2.45, 2.75) is 70.5 Å². The molecule has 8 heteroatoms. The summed E-state index contributed by atoms with van der Waals surface area (Å²) in [5.74, 6) is 0.188. The van der Waals surface area contributed by atoms with E-state index in [0.717, 1.165) is 78.1 Å². The highest BCUT2D eigenvalue weighted by atomic mass is 32.1. The molecule has 3 aromatic rings. The molecule has 0 spiro atoms. The fourth-order valence-electron chi connectivity index (χ4n) is 5.64. The second kappa shape index (κ2) is 10.1. The van der Waals surface area contributed by atoms with Gasteiger partial charge < -0.3 is 15.1 Å². The minimum atomic E-state index is 0.0294. The van der Waals surface area contributed by atoms with Crippen molar-refractivity contribution in [3.8, 4) is 5.69 Å². The van der Waals surface area contributed by atoms with Gasteiger partial charge in [0.1, 0.15) is 4.83 Å². The fourth-order valence-corrected chi connectivity index (χ4v) is 6.73. The number of aryl methyl sites for hydroxylation is 1. The van der Waals surface area contributed by atoms with Crippen LogP contribution in [-0.4, -0.2) is 69.7 Å². The number of carbonyl (C=O) groups is 2. The smallest absolute Gasteiger partial charge is 0.261 e. The summed E-state index contributed by atoms with van der Waals surface area (Å²) in [4.78, 5) is 31.0. The molecule has 3 heterocycles. The van der Waals surface area contributed by atoms with Gasteiger partial charge in [0.05, 0.1) is 16.3 Å². The molecule has 2 amide bonds. The van der Waals surface area contributed by atoms with Gasteiger partial charge in [0, 0.05) is 50.6 Å². The van der Waals surface area contributed by atoms with Crippen LogP contribution in [0.3, 0.4) is 0 Å². The van der Waals surface area contributed by atoms with Crippen LogP contribution in [0.1, 0.15) is 60.8 Å². The number of nitrogens with one attached hydrogen (secondary N) is 1. The Morgan fingerprint density at radius 3 is 2.40 bits per heavy atom. The van der Waals surface area contributed by atoms with Gasteiger partial charge in [-0.2, -0.15) is 5.10 Å². The molecular formula is C27H35N5O2S. The maximum Gasteiger partial charge on any atom is 0.261 e. The van der Waals surface area contributed by atoms with Crippen LogP contribution in [0, 0.1) is 6.92 Å². The van der Waals surface area contributed by atoms with Crippen molar-refractivity contribution in [2.75, 3.05) is 20.1 Å². The number of amides is 2. The van der Waals surface area contributed by atoms with Crippen LogP contribution in [-0.2, 0) is 4.79 Å². The zero-order chi connectivity index (χ0) is 24.5. The number of piperidine rings is 1. The fraction of sp³-hybridized carbons (Fsp3) is 0.519. The number of aromatic nitrogens is 2. The first-order chi connectivity index (χ1) is 16.9. The number of carbonyl (C=O) groups excluding carboxylic acids is 2. The van der Waals surface area contributed by atoms with Crippen LogP contribution in [0.2, 0.25) is 0 Å². The molecule has 1 saturated heterocycles. The Kier molecular flexibility index (Phi) is 6.93. The SMILES string of the molecule is CC(=O)N(C)C1CCN(C2CCC(NC(=O)c3cc4c(C)nn(-c5ccccc5)c4s3)CC2)CC1. The first-order valence-corrected chi connectivity index (χ1v) is 13.5. The van der Waals surface area contributed by atoms with Crippen molar-refractivity contribution < 1.29 is 9.59 Å². The molecule has 0 unspecified atom stereocenters.